The van der Waals surface area contributed by atoms with E-state index in [-0.39, 0.29) is 0 Å². The molecule has 0 aliphatic rings. The molecule has 0 unspecified atom stereocenters. The molecule has 0 spiro atoms. The zero-order valence-corrected chi connectivity index (χ0v) is 34.3. The van der Waals surface area contributed by atoms with Gasteiger partial charge in [0.2, 0.25) is 0 Å². The molecule has 1 heterocycles. The fourth-order valence-corrected chi connectivity index (χ4v) is 10.6. The number of fused-ring (bicyclic) bond motifs is 8. The lowest BCUT2D eigenvalue weighted by atomic mass is 9.83. The highest BCUT2D eigenvalue weighted by atomic mass is 16.3. The van der Waals surface area contributed by atoms with E-state index in [1.54, 1.807) is 0 Å². The molecule has 0 bridgehead atoms. The van der Waals surface area contributed by atoms with E-state index < -0.39 is 0 Å². The molecule has 0 fully saturated rings. The van der Waals surface area contributed by atoms with Crippen LogP contribution in [0.3, 0.4) is 0 Å². The first-order valence-corrected chi connectivity index (χ1v) is 21.8. The maximum absolute atomic E-state index is 6.91. The largest absolute Gasteiger partial charge is 0.456 e. The molecule has 0 atom stereocenters. The third kappa shape index (κ3) is 5.43. The number of rotatable bonds is 5. The molecule has 1 aromatic heterocycles. The van der Waals surface area contributed by atoms with Gasteiger partial charge in [-0.3, -0.25) is 0 Å². The van der Waals surface area contributed by atoms with E-state index >= 15 is 0 Å². The van der Waals surface area contributed by atoms with Crippen molar-refractivity contribution >= 4 is 75.8 Å². The third-order valence-corrected chi connectivity index (χ3v) is 13.3. The van der Waals surface area contributed by atoms with Crippen molar-refractivity contribution in [3.63, 3.8) is 0 Å². The molecule has 0 saturated carbocycles. The highest BCUT2D eigenvalue weighted by Crippen LogP contribution is 2.50. The van der Waals surface area contributed by atoms with Crippen LogP contribution in [-0.2, 0) is 0 Å². The lowest BCUT2D eigenvalue weighted by Crippen LogP contribution is -1.93. The molecule has 1 heteroatoms. The second-order valence-corrected chi connectivity index (χ2v) is 16.6. The van der Waals surface area contributed by atoms with Gasteiger partial charge in [0, 0.05) is 10.8 Å². The predicted octanol–water partition coefficient (Wildman–Crippen LogP) is 17.7. The minimum atomic E-state index is 0.880. The molecule has 0 aliphatic heterocycles. The molecule has 0 aliphatic carbocycles. The molecule has 292 valence electrons. The minimum Gasteiger partial charge on any atom is -0.456 e. The van der Waals surface area contributed by atoms with Crippen LogP contribution in [0.2, 0.25) is 0 Å². The molecule has 12 aromatic carbocycles. The van der Waals surface area contributed by atoms with Crippen LogP contribution in [0.25, 0.3) is 131 Å². The van der Waals surface area contributed by atoms with Gasteiger partial charge in [-0.2, -0.15) is 0 Å². The summed E-state index contributed by atoms with van der Waals surface area (Å²) in [6.45, 7) is 0. The molecule has 13 rings (SSSR count). The fourth-order valence-electron chi connectivity index (χ4n) is 10.6. The zero-order valence-electron chi connectivity index (χ0n) is 34.3. The van der Waals surface area contributed by atoms with Gasteiger partial charge in [-0.05, 0) is 128 Å². The van der Waals surface area contributed by atoms with Crippen LogP contribution in [-0.4, -0.2) is 0 Å². The van der Waals surface area contributed by atoms with E-state index in [9.17, 15) is 0 Å². The standard InChI is InChI=1S/C62H38O/c1-3-18-39(19-4-1)42-36-37-53(44-23-8-7-22-43(42)44)60-49-28-13-15-30-51(49)61(52-31-16-14-29-50(52)60)55-32-17-33-56-62(55)54-35-34-41(38-57(54)63-56)59-47-26-11-9-24-45(47)58(40-20-5-2-6-21-40)46-25-10-12-27-48(46)59/h1-38H. The van der Waals surface area contributed by atoms with Crippen LogP contribution in [0, 0.1) is 0 Å². The first kappa shape index (κ1) is 35.5. The van der Waals surface area contributed by atoms with Crippen molar-refractivity contribution in [3.8, 4) is 55.6 Å². The van der Waals surface area contributed by atoms with E-state index in [4.69, 9.17) is 4.42 Å². The van der Waals surface area contributed by atoms with Crippen molar-refractivity contribution in [3.05, 3.63) is 231 Å². The van der Waals surface area contributed by atoms with Gasteiger partial charge in [0.1, 0.15) is 11.2 Å². The average Bonchev–Trinajstić information content (AvgIpc) is 3.73. The number of furan rings is 1. The SMILES string of the molecule is c1ccc(-c2ccc(-c3c4ccccc4c(-c4cccc5oc6cc(-c7c8ccccc8c(-c8ccccc8)c8ccccc78)ccc6c45)c4ccccc34)c3ccccc23)cc1. The van der Waals surface area contributed by atoms with Crippen LogP contribution in [0.1, 0.15) is 0 Å². The minimum absolute atomic E-state index is 0.880. The van der Waals surface area contributed by atoms with Gasteiger partial charge in [-0.15, -0.1) is 0 Å². The summed E-state index contributed by atoms with van der Waals surface area (Å²) in [5.41, 5.74) is 14.0. The Morgan fingerprint density at radius 1 is 0.206 bits per heavy atom. The topological polar surface area (TPSA) is 13.1 Å². The zero-order chi connectivity index (χ0) is 41.4. The maximum atomic E-state index is 6.91. The fraction of sp³-hybridized carbons (Fsp3) is 0. The lowest BCUT2D eigenvalue weighted by Gasteiger charge is -2.20. The van der Waals surface area contributed by atoms with Crippen LogP contribution in [0.4, 0.5) is 0 Å². The summed E-state index contributed by atoms with van der Waals surface area (Å²) in [6, 6.07) is 84.0. The Morgan fingerprint density at radius 3 is 1.16 bits per heavy atom. The predicted molar refractivity (Wildman–Crippen MR) is 268 cm³/mol. The van der Waals surface area contributed by atoms with Crippen molar-refractivity contribution < 1.29 is 4.42 Å². The van der Waals surface area contributed by atoms with Crippen molar-refractivity contribution in [2.75, 3.05) is 0 Å². The van der Waals surface area contributed by atoms with E-state index in [2.05, 4.69) is 231 Å². The lowest BCUT2D eigenvalue weighted by molar-refractivity contribution is 0.669. The Labute approximate surface area is 364 Å². The van der Waals surface area contributed by atoms with E-state index in [0.29, 0.717) is 0 Å². The summed E-state index contributed by atoms with van der Waals surface area (Å²) in [4.78, 5) is 0. The van der Waals surface area contributed by atoms with E-state index in [1.165, 1.54) is 104 Å². The first-order chi connectivity index (χ1) is 31.3. The Hall–Kier alpha value is -8.26. The Balaban J connectivity index is 1.04. The molecule has 1 nitrogen and oxygen atoms in total. The maximum Gasteiger partial charge on any atom is 0.136 e. The third-order valence-electron chi connectivity index (χ3n) is 13.3. The molecular formula is C62H38O. The van der Waals surface area contributed by atoms with Gasteiger partial charge in [0.25, 0.3) is 0 Å². The van der Waals surface area contributed by atoms with Gasteiger partial charge in [0.05, 0.1) is 0 Å². The van der Waals surface area contributed by atoms with Gasteiger partial charge in [0.15, 0.2) is 0 Å². The van der Waals surface area contributed by atoms with Gasteiger partial charge in [-0.1, -0.05) is 212 Å². The van der Waals surface area contributed by atoms with Crippen LogP contribution >= 0.6 is 0 Å². The van der Waals surface area contributed by atoms with Crippen LogP contribution < -0.4 is 0 Å². The summed E-state index contributed by atoms with van der Waals surface area (Å²) in [7, 11) is 0. The molecule has 0 saturated heterocycles. The highest BCUT2D eigenvalue weighted by molar-refractivity contribution is 6.28. The molecule has 13 aromatic rings. The monoisotopic (exact) mass is 798 g/mol. The van der Waals surface area contributed by atoms with Crippen molar-refractivity contribution in [1.29, 1.82) is 0 Å². The summed E-state index contributed by atoms with van der Waals surface area (Å²) >= 11 is 0. The van der Waals surface area contributed by atoms with Crippen molar-refractivity contribution in [2.45, 2.75) is 0 Å². The summed E-state index contributed by atoms with van der Waals surface area (Å²) < 4.78 is 6.91. The molecule has 0 N–H and O–H groups in total. The van der Waals surface area contributed by atoms with Crippen LogP contribution in [0.15, 0.2) is 235 Å². The summed E-state index contributed by atoms with van der Waals surface area (Å²) in [6.07, 6.45) is 0. The Morgan fingerprint density at radius 2 is 0.619 bits per heavy atom. The normalized spacial score (nSPS) is 11.8. The molecule has 0 amide bonds. The summed E-state index contributed by atoms with van der Waals surface area (Å²) in [5.74, 6) is 0. The average molecular weight is 799 g/mol. The second-order valence-electron chi connectivity index (χ2n) is 16.6. The number of hydrogen-bond acceptors (Lipinski definition) is 1. The summed E-state index contributed by atoms with van der Waals surface area (Å²) in [5, 5.41) is 14.6. The van der Waals surface area contributed by atoms with E-state index in [0.717, 1.165) is 27.5 Å². The van der Waals surface area contributed by atoms with Gasteiger partial charge >= 0.3 is 0 Å². The van der Waals surface area contributed by atoms with E-state index in [1.807, 2.05) is 0 Å². The molecule has 63 heavy (non-hydrogen) atoms. The smallest absolute Gasteiger partial charge is 0.136 e. The van der Waals surface area contributed by atoms with Crippen LogP contribution in [0.5, 0.6) is 0 Å². The van der Waals surface area contributed by atoms with Crippen molar-refractivity contribution in [1.82, 2.24) is 0 Å². The second kappa shape index (κ2) is 14.2. The molecule has 0 radical (unpaired) electrons. The quantitative estimate of drug-likeness (QED) is 0.158. The highest BCUT2D eigenvalue weighted by Gasteiger charge is 2.23. The number of benzene rings is 12. The molecular weight excluding hydrogens is 761 g/mol. The Kier molecular flexibility index (Phi) is 7.98. The van der Waals surface area contributed by atoms with Gasteiger partial charge in [-0.25, -0.2) is 0 Å². The number of hydrogen-bond donors (Lipinski definition) is 0. The first-order valence-electron chi connectivity index (χ1n) is 21.8. The van der Waals surface area contributed by atoms with Crippen molar-refractivity contribution in [2.24, 2.45) is 0 Å². The van der Waals surface area contributed by atoms with Gasteiger partial charge < -0.3 is 4.42 Å². The Bertz CT molecular complexity index is 3840.